The van der Waals surface area contributed by atoms with Crippen LogP contribution in [0.2, 0.25) is 10.1 Å². The van der Waals surface area contributed by atoms with Gasteiger partial charge in [0.05, 0.1) is 18.8 Å². The smallest absolute Gasteiger partial charge is 0.261 e. The van der Waals surface area contributed by atoms with Crippen LogP contribution >= 0.6 is 0 Å². The summed E-state index contributed by atoms with van der Waals surface area (Å²) < 4.78 is 14.5. The molecule has 4 aromatic rings. The molecule has 0 fully saturated rings. The minimum Gasteiger partial charge on any atom is -0.405 e. The van der Waals surface area contributed by atoms with Crippen LogP contribution < -0.4 is 20.7 Å². The Kier molecular flexibility index (Phi) is 11.2. The first-order chi connectivity index (χ1) is 21.4. The standard InChI is InChI=1S/C39H50O4Si2/c1-8-31(40)29-37(43-45(39(5,6)7,34-25-17-11-18-26-34)35-27-19-12-20-28-35)36(41)30-42-44(38(2,3)4,32-21-13-9-14-22-32)33-23-15-10-16-24-33/h8-28,31,36-37,40-41H,1,29-30H2,2-7H3/t31?,36-,37-/m1/s1. The van der Waals surface area contributed by atoms with E-state index >= 15 is 0 Å². The van der Waals surface area contributed by atoms with Crippen LogP contribution in [0.15, 0.2) is 134 Å². The summed E-state index contributed by atoms with van der Waals surface area (Å²) in [6.07, 6.45) is -0.877. The van der Waals surface area contributed by atoms with Crippen LogP contribution in [0.1, 0.15) is 48.0 Å². The lowest BCUT2D eigenvalue weighted by Gasteiger charge is -2.47. The van der Waals surface area contributed by atoms with Gasteiger partial charge in [0.25, 0.3) is 16.6 Å². The number of hydrogen-bond donors (Lipinski definition) is 2. The van der Waals surface area contributed by atoms with Gasteiger partial charge in [-0.15, -0.1) is 6.58 Å². The Morgan fingerprint density at radius 2 is 0.933 bits per heavy atom. The predicted octanol–water partition coefficient (Wildman–Crippen LogP) is 5.81. The lowest BCUT2D eigenvalue weighted by atomic mass is 10.1. The van der Waals surface area contributed by atoms with Crippen LogP contribution in [-0.2, 0) is 8.85 Å². The molecular weight excluding hydrogens is 589 g/mol. The molecule has 0 saturated heterocycles. The van der Waals surface area contributed by atoms with Crippen LogP contribution in [0.4, 0.5) is 0 Å². The molecule has 0 radical (unpaired) electrons. The van der Waals surface area contributed by atoms with Gasteiger partial charge in [0.1, 0.15) is 6.10 Å². The third kappa shape index (κ3) is 7.33. The van der Waals surface area contributed by atoms with Crippen molar-refractivity contribution >= 4 is 37.4 Å². The van der Waals surface area contributed by atoms with Crippen molar-refractivity contribution in [3.8, 4) is 0 Å². The molecule has 4 rings (SSSR count). The van der Waals surface area contributed by atoms with Gasteiger partial charge in [-0.05, 0) is 30.8 Å². The number of aliphatic hydroxyl groups excluding tert-OH is 2. The largest absolute Gasteiger partial charge is 0.405 e. The molecule has 4 nitrogen and oxygen atoms in total. The molecule has 2 N–H and O–H groups in total. The summed E-state index contributed by atoms with van der Waals surface area (Å²) >= 11 is 0. The van der Waals surface area contributed by atoms with E-state index in [9.17, 15) is 10.2 Å². The molecule has 0 aromatic heterocycles. The number of aliphatic hydroxyl groups is 2. The Labute approximate surface area is 272 Å². The quantitative estimate of drug-likeness (QED) is 0.144. The van der Waals surface area contributed by atoms with Crippen molar-refractivity contribution in [3.63, 3.8) is 0 Å². The van der Waals surface area contributed by atoms with E-state index in [4.69, 9.17) is 8.85 Å². The highest BCUT2D eigenvalue weighted by Crippen LogP contribution is 2.40. The maximum Gasteiger partial charge on any atom is 0.261 e. The van der Waals surface area contributed by atoms with Crippen LogP contribution in [0.25, 0.3) is 0 Å². The van der Waals surface area contributed by atoms with E-state index in [0.29, 0.717) is 0 Å². The second kappa shape index (κ2) is 14.5. The van der Waals surface area contributed by atoms with Gasteiger partial charge in [-0.1, -0.05) is 169 Å². The van der Waals surface area contributed by atoms with Crippen molar-refractivity contribution in [2.24, 2.45) is 0 Å². The molecular formula is C39H50O4Si2. The van der Waals surface area contributed by atoms with Crippen LogP contribution in [0.3, 0.4) is 0 Å². The molecule has 0 saturated carbocycles. The minimum absolute atomic E-state index is 0.0556. The highest BCUT2D eigenvalue weighted by atomic mass is 28.4. The Bertz CT molecular complexity index is 1390. The SMILES string of the molecule is C=CC(O)C[C@@H](O[Si](c1ccccc1)(c1ccccc1)C(C)(C)C)[C@H](O)CO[Si](c1ccccc1)(c1ccccc1)C(C)(C)C. The van der Waals surface area contributed by atoms with Crippen molar-refractivity contribution in [2.45, 2.75) is 76.4 Å². The van der Waals surface area contributed by atoms with Crippen molar-refractivity contribution < 1.29 is 19.1 Å². The Morgan fingerprint density at radius 1 is 0.600 bits per heavy atom. The van der Waals surface area contributed by atoms with Gasteiger partial charge in [-0.3, -0.25) is 0 Å². The second-order valence-electron chi connectivity index (χ2n) is 13.9. The van der Waals surface area contributed by atoms with Crippen molar-refractivity contribution in [3.05, 3.63) is 134 Å². The number of benzene rings is 4. The normalized spacial score (nSPS) is 14.8. The van der Waals surface area contributed by atoms with Gasteiger partial charge in [-0.2, -0.15) is 0 Å². The molecule has 0 bridgehead atoms. The molecule has 0 spiro atoms. The fourth-order valence-electron chi connectivity index (χ4n) is 6.62. The second-order valence-corrected chi connectivity index (χ2v) is 22.5. The van der Waals surface area contributed by atoms with Gasteiger partial charge in [0.2, 0.25) is 0 Å². The topological polar surface area (TPSA) is 58.9 Å². The number of rotatable bonds is 13. The summed E-state index contributed by atoms with van der Waals surface area (Å²) in [6, 6.07) is 41.6. The Balaban J connectivity index is 1.82. The molecule has 6 heteroatoms. The van der Waals surface area contributed by atoms with Gasteiger partial charge >= 0.3 is 0 Å². The lowest BCUT2D eigenvalue weighted by molar-refractivity contribution is -0.0188. The number of hydrogen-bond acceptors (Lipinski definition) is 4. The molecule has 0 aliphatic carbocycles. The summed E-state index contributed by atoms with van der Waals surface area (Å²) in [6.45, 7) is 17.2. The molecule has 0 amide bonds. The van der Waals surface area contributed by atoms with E-state index in [2.05, 4.69) is 121 Å². The zero-order chi connectivity index (χ0) is 32.7. The van der Waals surface area contributed by atoms with Crippen molar-refractivity contribution in [2.75, 3.05) is 6.61 Å². The van der Waals surface area contributed by atoms with Crippen LogP contribution in [0, 0.1) is 0 Å². The lowest BCUT2D eigenvalue weighted by Crippen LogP contribution is -2.69. The summed E-state index contributed by atoms with van der Waals surface area (Å²) in [5.74, 6) is 0. The highest BCUT2D eigenvalue weighted by molar-refractivity contribution is 7.00. The molecule has 238 valence electrons. The monoisotopic (exact) mass is 638 g/mol. The summed E-state index contributed by atoms with van der Waals surface area (Å²) in [7, 11) is -5.96. The molecule has 0 aliphatic heterocycles. The van der Waals surface area contributed by atoms with Gasteiger partial charge < -0.3 is 19.1 Å². The summed E-state index contributed by atoms with van der Waals surface area (Å²) in [4.78, 5) is 0. The van der Waals surface area contributed by atoms with Gasteiger partial charge in [0, 0.05) is 6.42 Å². The molecule has 0 aliphatic rings. The molecule has 0 heterocycles. The van der Waals surface area contributed by atoms with Crippen LogP contribution in [-0.4, -0.2) is 51.8 Å². The Hall–Kier alpha value is -3.11. The molecule has 1 unspecified atom stereocenters. The average molecular weight is 639 g/mol. The molecule has 4 aromatic carbocycles. The van der Waals surface area contributed by atoms with E-state index in [-0.39, 0.29) is 23.1 Å². The summed E-state index contributed by atoms with van der Waals surface area (Å²) in [5, 5.41) is 27.0. The predicted molar refractivity (Wildman–Crippen MR) is 193 cm³/mol. The maximum absolute atomic E-state index is 12.1. The Morgan fingerprint density at radius 3 is 1.24 bits per heavy atom. The first kappa shape index (κ1) is 34.8. The summed E-state index contributed by atoms with van der Waals surface area (Å²) in [5.41, 5.74) is 0. The average Bonchev–Trinajstić information content (AvgIpc) is 3.03. The van der Waals surface area contributed by atoms with E-state index < -0.39 is 34.9 Å². The fraction of sp³-hybridized carbons (Fsp3) is 0.333. The molecule has 3 atom stereocenters. The maximum atomic E-state index is 12.1. The zero-order valence-electron chi connectivity index (χ0n) is 27.7. The van der Waals surface area contributed by atoms with Crippen LogP contribution in [0.5, 0.6) is 0 Å². The van der Waals surface area contributed by atoms with E-state index in [1.54, 1.807) is 0 Å². The minimum atomic E-state index is -3.04. The first-order valence-electron chi connectivity index (χ1n) is 15.9. The van der Waals surface area contributed by atoms with E-state index in [1.807, 2.05) is 48.5 Å². The van der Waals surface area contributed by atoms with E-state index in [0.717, 1.165) is 20.7 Å². The zero-order valence-corrected chi connectivity index (χ0v) is 29.7. The molecule has 45 heavy (non-hydrogen) atoms. The third-order valence-corrected chi connectivity index (χ3v) is 18.9. The van der Waals surface area contributed by atoms with Crippen molar-refractivity contribution in [1.82, 2.24) is 0 Å². The van der Waals surface area contributed by atoms with Gasteiger partial charge in [-0.25, -0.2) is 0 Å². The van der Waals surface area contributed by atoms with E-state index in [1.165, 1.54) is 6.08 Å². The van der Waals surface area contributed by atoms with Gasteiger partial charge in [0.15, 0.2) is 0 Å². The van der Waals surface area contributed by atoms with Crippen molar-refractivity contribution in [1.29, 1.82) is 0 Å². The fourth-order valence-corrected chi connectivity index (χ4v) is 15.9. The highest BCUT2D eigenvalue weighted by Gasteiger charge is 2.53. The first-order valence-corrected chi connectivity index (χ1v) is 19.7. The third-order valence-electron chi connectivity index (χ3n) is 8.81.